The standard InChI is InChI=1S/C9H16N2O2/c1-11-4-5-13-6-8(11)9(12)10-7-2-3-7/h7-8H,2-6H2,1H3,(H,10,12). The summed E-state index contributed by atoms with van der Waals surface area (Å²) in [5.74, 6) is 0.129. The van der Waals surface area contributed by atoms with Crippen LogP contribution < -0.4 is 5.32 Å². The van der Waals surface area contributed by atoms with Gasteiger partial charge in [-0.3, -0.25) is 9.69 Å². The smallest absolute Gasteiger partial charge is 0.239 e. The van der Waals surface area contributed by atoms with E-state index in [2.05, 4.69) is 10.2 Å². The summed E-state index contributed by atoms with van der Waals surface area (Å²) >= 11 is 0. The normalized spacial score (nSPS) is 30.1. The van der Waals surface area contributed by atoms with Crippen LogP contribution in [0, 0.1) is 0 Å². The van der Waals surface area contributed by atoms with Crippen molar-refractivity contribution in [3.8, 4) is 0 Å². The molecule has 4 nitrogen and oxygen atoms in total. The number of carbonyl (C=O) groups is 1. The molecule has 2 aliphatic rings. The highest BCUT2D eigenvalue weighted by atomic mass is 16.5. The van der Waals surface area contributed by atoms with E-state index in [4.69, 9.17) is 4.74 Å². The van der Waals surface area contributed by atoms with Crippen LogP contribution in [-0.2, 0) is 9.53 Å². The van der Waals surface area contributed by atoms with Crippen LogP contribution in [0.4, 0.5) is 0 Å². The predicted octanol–water partition coefficient (Wildman–Crippen LogP) is -0.404. The minimum Gasteiger partial charge on any atom is -0.378 e. The van der Waals surface area contributed by atoms with Crippen molar-refractivity contribution < 1.29 is 9.53 Å². The van der Waals surface area contributed by atoms with Crippen LogP contribution in [0.1, 0.15) is 12.8 Å². The van der Waals surface area contributed by atoms with Crippen molar-refractivity contribution in [3.05, 3.63) is 0 Å². The second-order valence-electron chi connectivity index (χ2n) is 3.85. The highest BCUT2D eigenvalue weighted by molar-refractivity contribution is 5.82. The van der Waals surface area contributed by atoms with Crippen molar-refractivity contribution in [1.29, 1.82) is 0 Å². The average Bonchev–Trinajstić information content (AvgIpc) is 2.89. The van der Waals surface area contributed by atoms with Gasteiger partial charge >= 0.3 is 0 Å². The number of likely N-dealkylation sites (N-methyl/N-ethyl adjacent to an activating group) is 1. The lowest BCUT2D eigenvalue weighted by atomic mass is 10.2. The van der Waals surface area contributed by atoms with Crippen LogP contribution >= 0.6 is 0 Å². The summed E-state index contributed by atoms with van der Waals surface area (Å²) < 4.78 is 5.27. The quantitative estimate of drug-likeness (QED) is 0.634. The molecule has 1 heterocycles. The van der Waals surface area contributed by atoms with Crippen molar-refractivity contribution in [3.63, 3.8) is 0 Å². The minimum absolute atomic E-state index is 0.0747. The second kappa shape index (κ2) is 3.64. The summed E-state index contributed by atoms with van der Waals surface area (Å²) in [6, 6.07) is 0.372. The fourth-order valence-electron chi connectivity index (χ4n) is 1.49. The number of morpholine rings is 1. The number of hydrogen-bond acceptors (Lipinski definition) is 3. The van der Waals surface area contributed by atoms with Crippen LogP contribution in [0.5, 0.6) is 0 Å². The van der Waals surface area contributed by atoms with E-state index in [1.54, 1.807) is 0 Å². The molecule has 1 unspecified atom stereocenters. The van der Waals surface area contributed by atoms with E-state index < -0.39 is 0 Å². The molecule has 1 atom stereocenters. The monoisotopic (exact) mass is 184 g/mol. The Balaban J connectivity index is 1.85. The summed E-state index contributed by atoms with van der Waals surface area (Å²) in [6.07, 6.45) is 2.28. The van der Waals surface area contributed by atoms with E-state index in [1.807, 2.05) is 7.05 Å². The summed E-state index contributed by atoms with van der Waals surface area (Å²) in [7, 11) is 1.97. The molecule has 2 fully saturated rings. The van der Waals surface area contributed by atoms with Gasteiger partial charge in [-0.2, -0.15) is 0 Å². The molecule has 13 heavy (non-hydrogen) atoms. The fraction of sp³-hybridized carbons (Fsp3) is 0.889. The first-order valence-electron chi connectivity index (χ1n) is 4.86. The van der Waals surface area contributed by atoms with Crippen molar-refractivity contribution in [2.45, 2.75) is 24.9 Å². The molecular weight excluding hydrogens is 168 g/mol. The van der Waals surface area contributed by atoms with E-state index in [0.717, 1.165) is 26.0 Å². The lowest BCUT2D eigenvalue weighted by Crippen LogP contribution is -2.52. The second-order valence-corrected chi connectivity index (χ2v) is 3.85. The van der Waals surface area contributed by atoms with Crippen LogP contribution in [0.3, 0.4) is 0 Å². The van der Waals surface area contributed by atoms with Gasteiger partial charge in [-0.15, -0.1) is 0 Å². The number of ether oxygens (including phenoxy) is 1. The lowest BCUT2D eigenvalue weighted by Gasteiger charge is -2.31. The van der Waals surface area contributed by atoms with E-state index in [0.29, 0.717) is 12.6 Å². The Morgan fingerprint density at radius 2 is 2.31 bits per heavy atom. The topological polar surface area (TPSA) is 41.6 Å². The highest BCUT2D eigenvalue weighted by Gasteiger charge is 2.31. The van der Waals surface area contributed by atoms with Crippen molar-refractivity contribution in [2.24, 2.45) is 0 Å². The average molecular weight is 184 g/mol. The van der Waals surface area contributed by atoms with Gasteiger partial charge in [0.1, 0.15) is 6.04 Å². The number of carbonyl (C=O) groups excluding carboxylic acids is 1. The third-order valence-electron chi connectivity index (χ3n) is 2.62. The zero-order valence-electron chi connectivity index (χ0n) is 7.95. The molecule has 1 N–H and O–H groups in total. The fourth-order valence-corrected chi connectivity index (χ4v) is 1.49. The van der Waals surface area contributed by atoms with Gasteiger partial charge in [-0.05, 0) is 19.9 Å². The number of nitrogens with zero attached hydrogens (tertiary/aromatic N) is 1. The first-order valence-corrected chi connectivity index (χ1v) is 4.86. The predicted molar refractivity (Wildman–Crippen MR) is 48.4 cm³/mol. The Bertz CT molecular complexity index is 204. The summed E-state index contributed by atoms with van der Waals surface area (Å²) in [5, 5.41) is 2.99. The number of amides is 1. The van der Waals surface area contributed by atoms with E-state index in [1.165, 1.54) is 0 Å². The highest BCUT2D eigenvalue weighted by Crippen LogP contribution is 2.19. The van der Waals surface area contributed by atoms with Gasteiger partial charge < -0.3 is 10.1 Å². The van der Waals surface area contributed by atoms with Gasteiger partial charge in [0.25, 0.3) is 0 Å². The first-order chi connectivity index (χ1) is 6.27. The Labute approximate surface area is 78.2 Å². The molecule has 74 valence electrons. The van der Waals surface area contributed by atoms with E-state index in [-0.39, 0.29) is 11.9 Å². The summed E-state index contributed by atoms with van der Waals surface area (Å²) in [6.45, 7) is 2.13. The Morgan fingerprint density at radius 3 is 2.92 bits per heavy atom. The van der Waals surface area contributed by atoms with Crippen LogP contribution in [0.2, 0.25) is 0 Å². The molecule has 0 bridgehead atoms. The van der Waals surface area contributed by atoms with Gasteiger partial charge in [0.2, 0.25) is 5.91 Å². The molecule has 0 spiro atoms. The van der Waals surface area contributed by atoms with Gasteiger partial charge in [0.05, 0.1) is 13.2 Å². The molecule has 1 aliphatic carbocycles. The maximum atomic E-state index is 11.6. The van der Waals surface area contributed by atoms with E-state index >= 15 is 0 Å². The van der Waals surface area contributed by atoms with Gasteiger partial charge in [-0.25, -0.2) is 0 Å². The Hall–Kier alpha value is -0.610. The SMILES string of the molecule is CN1CCOCC1C(=O)NC1CC1. The van der Waals surface area contributed by atoms with Gasteiger partial charge in [-0.1, -0.05) is 0 Å². The van der Waals surface area contributed by atoms with Gasteiger partial charge in [0, 0.05) is 12.6 Å². The zero-order chi connectivity index (χ0) is 9.26. The van der Waals surface area contributed by atoms with Crippen LogP contribution in [0.15, 0.2) is 0 Å². The number of rotatable bonds is 2. The molecule has 0 aromatic heterocycles. The molecule has 1 amide bonds. The molecule has 1 aliphatic heterocycles. The maximum Gasteiger partial charge on any atom is 0.239 e. The molecule has 2 rings (SSSR count). The molecule has 1 saturated heterocycles. The van der Waals surface area contributed by atoms with Crippen molar-refractivity contribution in [2.75, 3.05) is 26.8 Å². The van der Waals surface area contributed by atoms with E-state index in [9.17, 15) is 4.79 Å². The Kier molecular flexibility index (Phi) is 2.51. The van der Waals surface area contributed by atoms with Crippen molar-refractivity contribution in [1.82, 2.24) is 10.2 Å². The first kappa shape index (κ1) is 8.97. The molecule has 0 radical (unpaired) electrons. The Morgan fingerprint density at radius 1 is 1.54 bits per heavy atom. The molecular formula is C9H16N2O2. The molecule has 1 saturated carbocycles. The minimum atomic E-state index is -0.0747. The lowest BCUT2D eigenvalue weighted by molar-refractivity contribution is -0.131. The third kappa shape index (κ3) is 2.19. The van der Waals surface area contributed by atoms with Crippen molar-refractivity contribution >= 4 is 5.91 Å². The number of nitrogens with one attached hydrogen (secondary N) is 1. The largest absolute Gasteiger partial charge is 0.378 e. The summed E-state index contributed by atoms with van der Waals surface area (Å²) in [4.78, 5) is 13.7. The van der Waals surface area contributed by atoms with Crippen LogP contribution in [0.25, 0.3) is 0 Å². The molecule has 0 aromatic rings. The molecule has 4 heteroatoms. The summed E-state index contributed by atoms with van der Waals surface area (Å²) in [5.41, 5.74) is 0. The molecule has 0 aromatic carbocycles. The number of hydrogen-bond donors (Lipinski definition) is 1. The van der Waals surface area contributed by atoms with Crippen LogP contribution in [-0.4, -0.2) is 49.7 Å². The third-order valence-corrected chi connectivity index (χ3v) is 2.62. The van der Waals surface area contributed by atoms with Gasteiger partial charge in [0.15, 0.2) is 0 Å². The zero-order valence-corrected chi connectivity index (χ0v) is 7.95. The maximum absolute atomic E-state index is 11.6.